The predicted molar refractivity (Wildman–Crippen MR) is 173 cm³/mol. The molecule has 4 bridgehead atoms. The van der Waals surface area contributed by atoms with Crippen LogP contribution in [0.5, 0.6) is 0 Å². The van der Waals surface area contributed by atoms with Gasteiger partial charge in [-0.05, 0) is 70.1 Å². The number of alkyl halides is 6. The van der Waals surface area contributed by atoms with Crippen LogP contribution in [-0.4, -0.2) is 85.6 Å². The summed E-state index contributed by atoms with van der Waals surface area (Å²) in [6, 6.07) is 0. The lowest BCUT2D eigenvalue weighted by Gasteiger charge is -2.66. The Morgan fingerprint density at radius 2 is 1.15 bits per heavy atom. The van der Waals surface area contributed by atoms with E-state index in [0.29, 0.717) is 51.4 Å². The van der Waals surface area contributed by atoms with Crippen LogP contribution in [0.2, 0.25) is 0 Å². The molecule has 0 aromatic rings. The van der Waals surface area contributed by atoms with Gasteiger partial charge in [0.2, 0.25) is 11.6 Å². The highest BCUT2D eigenvalue weighted by Gasteiger charge is 2.81. The molecule has 310 valence electrons. The molecule has 2 aliphatic carbocycles. The predicted octanol–water partition coefficient (Wildman–Crippen LogP) is 7.28. The van der Waals surface area contributed by atoms with Crippen molar-refractivity contribution in [3.63, 3.8) is 0 Å². The molecule has 2 spiro atoms. The average molecular weight is 788 g/mol. The van der Waals surface area contributed by atoms with Crippen molar-refractivity contribution < 1.29 is 74.3 Å². The zero-order valence-electron chi connectivity index (χ0n) is 32.0. The van der Waals surface area contributed by atoms with Gasteiger partial charge in [0, 0.05) is 55.0 Å². The molecule has 1 unspecified atom stereocenters. The number of fused-ring (bicyclic) bond motifs is 4. The summed E-state index contributed by atoms with van der Waals surface area (Å²) in [5, 5.41) is 2.88. The molecule has 10 rings (SSSR count). The van der Waals surface area contributed by atoms with Gasteiger partial charge < -0.3 is 33.7 Å². The number of rotatable bonds is 8. The van der Waals surface area contributed by atoms with Crippen molar-refractivity contribution in [2.45, 2.75) is 159 Å². The summed E-state index contributed by atoms with van der Waals surface area (Å²) in [5.41, 5.74) is -3.09. The fourth-order valence-corrected chi connectivity index (χ4v) is 11.9. The van der Waals surface area contributed by atoms with Crippen molar-refractivity contribution in [2.75, 3.05) is 26.3 Å². The maximum Gasteiger partial charge on any atom is 0.443 e. The first-order valence-electron chi connectivity index (χ1n) is 19.7. The summed E-state index contributed by atoms with van der Waals surface area (Å²) < 4.78 is 127. The molecule has 54 heavy (non-hydrogen) atoms. The Kier molecular flexibility index (Phi) is 9.48. The Balaban J connectivity index is 0.947. The minimum atomic E-state index is -4.96. The molecule has 16 atom stereocenters. The normalized spacial score (nSPS) is 54.1. The number of hydrogen-bond donors (Lipinski definition) is 1. The summed E-state index contributed by atoms with van der Waals surface area (Å²) in [6.45, 7) is 11.1. The van der Waals surface area contributed by atoms with Gasteiger partial charge in [-0.3, -0.25) is 0 Å². The van der Waals surface area contributed by atoms with E-state index in [4.69, 9.17) is 48.0 Å². The van der Waals surface area contributed by atoms with Crippen LogP contribution >= 0.6 is 0 Å². The second kappa shape index (κ2) is 12.8. The number of nitrogens with one attached hydrogen (secondary N) is 1. The molecular weight excluding hydrogens is 732 g/mol. The summed E-state index contributed by atoms with van der Waals surface area (Å²) >= 11 is 0. The highest BCUT2D eigenvalue weighted by atomic mass is 19.4. The third-order valence-electron chi connectivity index (χ3n) is 15.3. The Morgan fingerprint density at radius 3 is 1.80 bits per heavy atom. The van der Waals surface area contributed by atoms with Crippen molar-refractivity contribution in [2.24, 2.45) is 46.8 Å². The largest absolute Gasteiger partial charge is 0.443 e. The van der Waals surface area contributed by atoms with Gasteiger partial charge in [0.25, 0.3) is 11.6 Å². The molecule has 1 N–H and O–H groups in total. The molecule has 0 aromatic heterocycles. The zero-order chi connectivity index (χ0) is 39.0. The van der Waals surface area contributed by atoms with E-state index in [1.165, 1.54) is 13.8 Å². The maximum atomic E-state index is 15.2. The Bertz CT molecular complexity index is 1440. The molecule has 0 amide bonds. The van der Waals surface area contributed by atoms with E-state index in [9.17, 15) is 0 Å². The third kappa shape index (κ3) is 5.34. The molecule has 17 heteroatoms. The van der Waals surface area contributed by atoms with Crippen LogP contribution in [0, 0.1) is 46.8 Å². The van der Waals surface area contributed by atoms with Crippen LogP contribution in [0.25, 0.3) is 0 Å². The average Bonchev–Trinajstić information content (AvgIpc) is 3.43. The molecule has 8 heterocycles. The van der Waals surface area contributed by atoms with Gasteiger partial charge >= 0.3 is 12.4 Å². The highest BCUT2D eigenvalue weighted by Crippen LogP contribution is 2.69. The quantitative estimate of drug-likeness (QED) is 0.153. The van der Waals surface area contributed by atoms with E-state index in [1.807, 2.05) is 6.92 Å². The first-order chi connectivity index (χ1) is 25.1. The van der Waals surface area contributed by atoms with Crippen LogP contribution < -0.4 is 5.32 Å². The molecule has 2 saturated carbocycles. The first kappa shape index (κ1) is 39.9. The monoisotopic (exact) mass is 787 g/mol. The van der Waals surface area contributed by atoms with Crippen molar-refractivity contribution in [1.29, 1.82) is 0 Å². The summed E-state index contributed by atoms with van der Waals surface area (Å²) in [6.07, 6.45) is -8.33. The Hall–Kier alpha value is -0.860. The Labute approximate surface area is 311 Å². The molecule has 8 saturated heterocycles. The minimum absolute atomic E-state index is 0.105. The molecule has 11 nitrogen and oxygen atoms in total. The van der Waals surface area contributed by atoms with E-state index in [0.717, 1.165) is 0 Å². The van der Waals surface area contributed by atoms with E-state index in [2.05, 4.69) is 19.2 Å². The van der Waals surface area contributed by atoms with Gasteiger partial charge in [0.05, 0.1) is 13.2 Å². The molecule has 0 aromatic carbocycles. The van der Waals surface area contributed by atoms with Crippen LogP contribution in [0.1, 0.15) is 99.8 Å². The van der Waals surface area contributed by atoms with Crippen LogP contribution in [-0.2, 0) is 48.0 Å². The SMILES string of the molecule is C[C@@H]1CC[C@H]2[C@@H](C)[C@](OCCNCCO[C@@]3(C(F)(F)F)O[C@@H]4O[C@@]5(C)CC[C@@]6(C)[C@H](C)CC[C@@H]([C@H]3C)[C@@]46OO5)(C(F)(F)F)O[C@@H]3OC4(C)CC[C@@H]1[C@]32OO4. The smallest absolute Gasteiger partial charge is 0.341 e. The van der Waals surface area contributed by atoms with Gasteiger partial charge in [-0.2, -0.15) is 26.3 Å². The topological polar surface area (TPSA) is 104 Å². The number of halogens is 6. The fraction of sp³-hybridized carbons (Fsp3) is 1.00. The molecule has 10 fully saturated rings. The fourth-order valence-electron chi connectivity index (χ4n) is 11.9. The van der Waals surface area contributed by atoms with E-state index in [1.54, 1.807) is 13.8 Å². The van der Waals surface area contributed by atoms with Crippen LogP contribution in [0.4, 0.5) is 26.3 Å². The highest BCUT2D eigenvalue weighted by molar-refractivity contribution is 5.17. The van der Waals surface area contributed by atoms with Gasteiger partial charge in [-0.15, -0.1) is 0 Å². The second-order valence-electron chi connectivity index (χ2n) is 18.0. The standard InChI is InChI=1S/C37H55F6NO10/c1-20-8-10-25-22(3)34(36(38,39)40,49-27-32(25)24(20)12-13-30(6,47-27)51-53-32)45-18-16-44-17-19-46-35(37(41,42)43)23(4)26-11-9-21(2)29(5)14-15-31(7)48-28(50-35)33(26,29)54-52-31/h20-28,44H,8-19H2,1-7H3/t20-,21-,22-,23-,24+,25+,26+,27+,28+,29+,30?,31-,32-,33-,34-,35-/m1/s1. The number of hydrogen-bond acceptors (Lipinski definition) is 11. The lowest BCUT2D eigenvalue weighted by atomic mass is 9.49. The molecular formula is C37H55F6NO10. The lowest BCUT2D eigenvalue weighted by Crippen LogP contribution is -2.78. The van der Waals surface area contributed by atoms with Crippen LogP contribution in [0.3, 0.4) is 0 Å². The lowest BCUT2D eigenvalue weighted by molar-refractivity contribution is -0.604. The van der Waals surface area contributed by atoms with E-state index < -0.39 is 102 Å². The van der Waals surface area contributed by atoms with Crippen LogP contribution in [0.15, 0.2) is 0 Å². The molecule has 0 radical (unpaired) electrons. The maximum absolute atomic E-state index is 15.2. The van der Waals surface area contributed by atoms with Gasteiger partial charge in [0.1, 0.15) is 0 Å². The van der Waals surface area contributed by atoms with Gasteiger partial charge in [-0.25, -0.2) is 19.6 Å². The first-order valence-corrected chi connectivity index (χ1v) is 19.7. The summed E-state index contributed by atoms with van der Waals surface area (Å²) in [4.78, 5) is 23.6. The van der Waals surface area contributed by atoms with Crippen molar-refractivity contribution in [1.82, 2.24) is 5.32 Å². The summed E-state index contributed by atoms with van der Waals surface area (Å²) in [7, 11) is 0. The van der Waals surface area contributed by atoms with E-state index >= 15 is 26.3 Å². The van der Waals surface area contributed by atoms with Crippen molar-refractivity contribution in [3.8, 4) is 0 Å². The van der Waals surface area contributed by atoms with Crippen molar-refractivity contribution in [3.05, 3.63) is 0 Å². The minimum Gasteiger partial charge on any atom is -0.341 e. The number of ether oxygens (including phenoxy) is 6. The zero-order valence-corrected chi connectivity index (χ0v) is 32.0. The van der Waals surface area contributed by atoms with Gasteiger partial charge in [0.15, 0.2) is 23.8 Å². The van der Waals surface area contributed by atoms with E-state index in [-0.39, 0.29) is 30.8 Å². The van der Waals surface area contributed by atoms with Gasteiger partial charge in [-0.1, -0.05) is 34.6 Å². The second-order valence-corrected chi connectivity index (χ2v) is 18.0. The molecule has 10 aliphatic rings. The third-order valence-corrected chi connectivity index (χ3v) is 15.3. The summed E-state index contributed by atoms with van der Waals surface area (Å²) in [5.74, 6) is -12.2. The Morgan fingerprint density at radius 1 is 0.593 bits per heavy atom. The molecule has 8 aliphatic heterocycles. The van der Waals surface area contributed by atoms with Crippen molar-refractivity contribution >= 4 is 0 Å².